The van der Waals surface area contributed by atoms with E-state index in [9.17, 15) is 14.7 Å². The quantitative estimate of drug-likeness (QED) is 0.665. The molecule has 34 heavy (non-hydrogen) atoms. The summed E-state index contributed by atoms with van der Waals surface area (Å²) in [7, 11) is 0. The molecule has 4 aliphatic rings. The Morgan fingerprint density at radius 1 is 1.24 bits per heavy atom. The zero-order chi connectivity index (χ0) is 23.4. The van der Waals surface area contributed by atoms with E-state index in [-0.39, 0.29) is 29.9 Å². The van der Waals surface area contributed by atoms with Crippen LogP contribution in [0.25, 0.3) is 5.69 Å². The SMILES string of the molecule is CC1CC2(CCN(CC(O)c3ccc4c(c3)CCc3nnnn3-4)CC2)C(=O)N1C1=CC(=O)OC1. The van der Waals surface area contributed by atoms with E-state index < -0.39 is 6.10 Å². The number of aliphatic hydroxyl groups excluding tert-OH is 1. The monoisotopic (exact) mass is 464 g/mol. The molecule has 2 unspecified atom stereocenters. The molecule has 4 aliphatic heterocycles. The highest BCUT2D eigenvalue weighted by molar-refractivity contribution is 5.91. The molecule has 1 amide bonds. The second-order valence-electron chi connectivity index (χ2n) is 9.96. The van der Waals surface area contributed by atoms with E-state index in [0.29, 0.717) is 12.2 Å². The number of ether oxygens (including phenoxy) is 1. The molecule has 1 aromatic carbocycles. The number of hydrogen-bond donors (Lipinski definition) is 1. The number of aliphatic hydroxyl groups is 1. The highest BCUT2D eigenvalue weighted by Crippen LogP contribution is 2.46. The van der Waals surface area contributed by atoms with Gasteiger partial charge in [-0.1, -0.05) is 12.1 Å². The Bertz CT molecular complexity index is 1180. The summed E-state index contributed by atoms with van der Waals surface area (Å²) < 4.78 is 6.80. The number of aryl methyl sites for hydroxylation is 2. The second-order valence-corrected chi connectivity index (χ2v) is 9.96. The van der Waals surface area contributed by atoms with Crippen LogP contribution in [0.2, 0.25) is 0 Å². The zero-order valence-corrected chi connectivity index (χ0v) is 19.2. The first-order valence-electron chi connectivity index (χ1n) is 12.0. The van der Waals surface area contributed by atoms with Crippen molar-refractivity contribution >= 4 is 11.9 Å². The average molecular weight is 465 g/mol. The van der Waals surface area contributed by atoms with Crippen LogP contribution in [0.15, 0.2) is 30.0 Å². The van der Waals surface area contributed by atoms with Gasteiger partial charge in [-0.25, -0.2) is 4.79 Å². The molecule has 0 saturated carbocycles. The Morgan fingerprint density at radius 3 is 2.82 bits per heavy atom. The van der Waals surface area contributed by atoms with Gasteiger partial charge in [-0.2, -0.15) is 4.68 Å². The third-order valence-electron chi connectivity index (χ3n) is 7.87. The van der Waals surface area contributed by atoms with Crippen molar-refractivity contribution in [2.45, 2.75) is 51.2 Å². The number of hydrogen-bond acceptors (Lipinski definition) is 8. The van der Waals surface area contributed by atoms with Crippen LogP contribution >= 0.6 is 0 Å². The molecule has 0 aliphatic carbocycles. The average Bonchev–Trinajstić information content (AvgIpc) is 3.54. The van der Waals surface area contributed by atoms with Gasteiger partial charge in [-0.15, -0.1) is 5.10 Å². The summed E-state index contributed by atoms with van der Waals surface area (Å²) in [5, 5.41) is 22.9. The molecule has 2 fully saturated rings. The molecule has 10 nitrogen and oxygen atoms in total. The van der Waals surface area contributed by atoms with Crippen molar-refractivity contribution in [3.05, 3.63) is 46.9 Å². The summed E-state index contributed by atoms with van der Waals surface area (Å²) in [6, 6.07) is 6.05. The number of carbonyl (C=O) groups excluding carboxylic acids is 2. The fourth-order valence-electron chi connectivity index (χ4n) is 6.06. The van der Waals surface area contributed by atoms with Crippen molar-refractivity contribution in [2.24, 2.45) is 5.41 Å². The summed E-state index contributed by atoms with van der Waals surface area (Å²) in [6.07, 6.45) is 4.79. The Labute approximate surface area is 197 Å². The Hall–Kier alpha value is -3.11. The molecule has 10 heteroatoms. The second kappa shape index (κ2) is 7.99. The molecular formula is C24H28N6O4. The maximum Gasteiger partial charge on any atom is 0.333 e. The number of aromatic nitrogens is 4. The van der Waals surface area contributed by atoms with Crippen molar-refractivity contribution in [3.63, 3.8) is 0 Å². The molecule has 1 spiro atoms. The van der Waals surface area contributed by atoms with Gasteiger partial charge in [0, 0.05) is 25.1 Å². The molecule has 178 valence electrons. The van der Waals surface area contributed by atoms with E-state index in [1.807, 2.05) is 19.1 Å². The topological polar surface area (TPSA) is 114 Å². The molecule has 2 aromatic rings. The number of amides is 1. The number of piperidine rings is 1. The lowest BCUT2D eigenvalue weighted by Crippen LogP contribution is -2.45. The lowest BCUT2D eigenvalue weighted by molar-refractivity contribution is -0.139. The van der Waals surface area contributed by atoms with Gasteiger partial charge in [0.25, 0.3) is 0 Å². The molecular weight excluding hydrogens is 436 g/mol. The number of esters is 1. The van der Waals surface area contributed by atoms with Gasteiger partial charge in [-0.05, 0) is 73.3 Å². The van der Waals surface area contributed by atoms with E-state index in [2.05, 4.69) is 26.5 Å². The molecule has 5 heterocycles. The van der Waals surface area contributed by atoms with E-state index >= 15 is 0 Å². The number of fused-ring (bicyclic) bond motifs is 3. The predicted octanol–water partition coefficient (Wildman–Crippen LogP) is 0.938. The normalized spacial score (nSPS) is 24.7. The first kappa shape index (κ1) is 21.4. The van der Waals surface area contributed by atoms with Crippen molar-refractivity contribution in [1.82, 2.24) is 30.0 Å². The number of nitrogens with zero attached hydrogens (tertiary/aromatic N) is 6. The van der Waals surface area contributed by atoms with Crippen molar-refractivity contribution < 1.29 is 19.4 Å². The number of likely N-dealkylation sites (tertiary alicyclic amines) is 2. The minimum atomic E-state index is -0.601. The molecule has 6 rings (SSSR count). The summed E-state index contributed by atoms with van der Waals surface area (Å²) in [5.74, 6) is 0.600. The van der Waals surface area contributed by atoms with E-state index in [1.54, 1.807) is 9.58 Å². The van der Waals surface area contributed by atoms with E-state index in [4.69, 9.17) is 4.74 Å². The Morgan fingerprint density at radius 2 is 2.06 bits per heavy atom. The number of cyclic esters (lactones) is 1. The van der Waals surface area contributed by atoms with Crippen LogP contribution in [-0.4, -0.2) is 79.3 Å². The molecule has 2 saturated heterocycles. The minimum absolute atomic E-state index is 0.0570. The van der Waals surface area contributed by atoms with Crippen LogP contribution in [0.5, 0.6) is 0 Å². The highest BCUT2D eigenvalue weighted by Gasteiger charge is 2.52. The van der Waals surface area contributed by atoms with E-state index in [0.717, 1.165) is 67.8 Å². The smallest absolute Gasteiger partial charge is 0.333 e. The van der Waals surface area contributed by atoms with Crippen molar-refractivity contribution in [1.29, 1.82) is 0 Å². The van der Waals surface area contributed by atoms with Crippen LogP contribution in [0.4, 0.5) is 0 Å². The Kier molecular flexibility index (Phi) is 5.03. The summed E-state index contributed by atoms with van der Waals surface area (Å²) in [5.41, 5.74) is 3.31. The van der Waals surface area contributed by atoms with Crippen LogP contribution in [-0.2, 0) is 27.2 Å². The van der Waals surface area contributed by atoms with Crippen molar-refractivity contribution in [2.75, 3.05) is 26.2 Å². The first-order chi connectivity index (χ1) is 16.4. The minimum Gasteiger partial charge on any atom is -0.456 e. The molecule has 1 N–H and O–H groups in total. The summed E-state index contributed by atoms with van der Waals surface area (Å²) in [4.78, 5) is 28.9. The zero-order valence-electron chi connectivity index (χ0n) is 19.2. The third-order valence-corrected chi connectivity index (χ3v) is 7.87. The van der Waals surface area contributed by atoms with Gasteiger partial charge in [0.2, 0.25) is 5.91 Å². The lowest BCUT2D eigenvalue weighted by Gasteiger charge is -2.38. The van der Waals surface area contributed by atoms with Gasteiger partial charge < -0.3 is 19.6 Å². The number of tetrazole rings is 1. The van der Waals surface area contributed by atoms with Gasteiger partial charge >= 0.3 is 5.97 Å². The number of β-amino-alcohol motifs (C(OH)–C–C–N with tert-alkyl or cyclic N) is 1. The summed E-state index contributed by atoms with van der Waals surface area (Å²) in [6.45, 7) is 4.28. The standard InChI is InChI=1S/C24H28N6O4/c1-15-12-24(23(33)29(15)18-11-22(32)34-14-18)6-8-28(9-7-24)13-20(31)17-2-4-19-16(10-17)3-5-21-25-26-27-30(19)21/h2,4,10-11,15,20,31H,3,5-9,12-14H2,1H3. The van der Waals surface area contributed by atoms with Gasteiger partial charge in [-0.3, -0.25) is 4.79 Å². The fourth-order valence-corrected chi connectivity index (χ4v) is 6.06. The first-order valence-corrected chi connectivity index (χ1v) is 12.0. The van der Waals surface area contributed by atoms with Crippen LogP contribution in [0, 0.1) is 5.41 Å². The highest BCUT2D eigenvalue weighted by atomic mass is 16.5. The maximum absolute atomic E-state index is 13.4. The lowest BCUT2D eigenvalue weighted by atomic mass is 9.76. The molecule has 0 bridgehead atoms. The predicted molar refractivity (Wildman–Crippen MR) is 120 cm³/mol. The fraction of sp³-hybridized carbons (Fsp3) is 0.542. The third kappa shape index (κ3) is 3.43. The van der Waals surface area contributed by atoms with Crippen molar-refractivity contribution in [3.8, 4) is 5.69 Å². The largest absolute Gasteiger partial charge is 0.456 e. The molecule has 1 aromatic heterocycles. The Balaban J connectivity index is 1.10. The van der Waals surface area contributed by atoms with Gasteiger partial charge in [0.1, 0.15) is 6.61 Å². The van der Waals surface area contributed by atoms with Crippen LogP contribution in [0.1, 0.15) is 49.2 Å². The number of carbonyl (C=O) groups is 2. The number of rotatable bonds is 4. The number of benzene rings is 1. The molecule has 0 radical (unpaired) electrons. The van der Waals surface area contributed by atoms with Gasteiger partial charge in [0.15, 0.2) is 5.82 Å². The van der Waals surface area contributed by atoms with Crippen LogP contribution in [0.3, 0.4) is 0 Å². The van der Waals surface area contributed by atoms with Gasteiger partial charge in [0.05, 0.1) is 22.9 Å². The molecule has 2 atom stereocenters. The maximum atomic E-state index is 13.4. The van der Waals surface area contributed by atoms with Crippen LogP contribution < -0.4 is 0 Å². The summed E-state index contributed by atoms with van der Waals surface area (Å²) >= 11 is 0. The van der Waals surface area contributed by atoms with E-state index in [1.165, 1.54) is 6.08 Å².